The summed E-state index contributed by atoms with van der Waals surface area (Å²) in [6, 6.07) is 8.25. The highest BCUT2D eigenvalue weighted by Gasteiger charge is 2.27. The van der Waals surface area contributed by atoms with Crippen LogP contribution in [0.2, 0.25) is 0 Å². The lowest BCUT2D eigenvalue weighted by Crippen LogP contribution is -2.24. The maximum absolute atomic E-state index is 12.5. The smallest absolute Gasteiger partial charge is 0.308 e. The third kappa shape index (κ3) is 11.4. The van der Waals surface area contributed by atoms with Crippen LogP contribution in [0.1, 0.15) is 116 Å². The fourth-order valence-electron chi connectivity index (χ4n) is 4.76. The summed E-state index contributed by atoms with van der Waals surface area (Å²) in [6.45, 7) is 5.78. The van der Waals surface area contributed by atoms with Crippen LogP contribution in [0.3, 0.4) is 0 Å². The lowest BCUT2D eigenvalue weighted by atomic mass is 9.80. The number of hydrogen-bond donors (Lipinski definition) is 0. The molecular formula is C29H48O3. The van der Waals surface area contributed by atoms with Crippen molar-refractivity contribution in [3.05, 3.63) is 29.8 Å². The second-order valence-corrected chi connectivity index (χ2v) is 9.74. The van der Waals surface area contributed by atoms with Crippen molar-refractivity contribution in [2.24, 2.45) is 11.8 Å². The molecule has 0 heterocycles. The van der Waals surface area contributed by atoms with E-state index in [1.807, 2.05) is 12.1 Å². The van der Waals surface area contributed by atoms with Crippen LogP contribution in [0.4, 0.5) is 0 Å². The molecule has 0 aliphatic heterocycles. The first-order valence-corrected chi connectivity index (χ1v) is 13.6. The van der Waals surface area contributed by atoms with Gasteiger partial charge in [-0.25, -0.2) is 0 Å². The van der Waals surface area contributed by atoms with E-state index in [0.29, 0.717) is 6.61 Å². The van der Waals surface area contributed by atoms with E-state index in [4.69, 9.17) is 9.47 Å². The predicted octanol–water partition coefficient (Wildman–Crippen LogP) is 8.29. The van der Waals surface area contributed by atoms with E-state index in [1.54, 1.807) is 0 Å². The number of hydrogen-bond acceptors (Lipinski definition) is 3. The van der Waals surface area contributed by atoms with Crippen LogP contribution >= 0.6 is 0 Å². The summed E-state index contributed by atoms with van der Waals surface area (Å²) in [7, 11) is 0. The number of benzene rings is 1. The summed E-state index contributed by atoms with van der Waals surface area (Å²) in [6.07, 6.45) is 19.6. The third-order valence-corrected chi connectivity index (χ3v) is 6.97. The summed E-state index contributed by atoms with van der Waals surface area (Å²) in [5, 5.41) is 0. The molecule has 0 spiro atoms. The number of rotatable bonds is 17. The highest BCUT2D eigenvalue weighted by atomic mass is 16.5. The molecule has 1 saturated carbocycles. The summed E-state index contributed by atoms with van der Waals surface area (Å²) in [5.74, 6) is 1.91. The highest BCUT2D eigenvalue weighted by Crippen LogP contribution is 2.32. The van der Waals surface area contributed by atoms with Crippen LogP contribution in [0, 0.1) is 11.8 Å². The zero-order valence-corrected chi connectivity index (χ0v) is 20.9. The van der Waals surface area contributed by atoms with Crippen molar-refractivity contribution < 1.29 is 14.3 Å². The number of ether oxygens (including phenoxy) is 2. The van der Waals surface area contributed by atoms with Gasteiger partial charge in [-0.15, -0.1) is 0 Å². The van der Waals surface area contributed by atoms with E-state index in [0.717, 1.165) is 44.0 Å². The maximum atomic E-state index is 12.5. The summed E-state index contributed by atoms with van der Waals surface area (Å²) < 4.78 is 11.4. The lowest BCUT2D eigenvalue weighted by Gasteiger charge is -2.27. The topological polar surface area (TPSA) is 35.5 Å². The molecule has 0 unspecified atom stereocenters. The molecule has 0 radical (unpaired) electrons. The summed E-state index contributed by atoms with van der Waals surface area (Å²) in [4.78, 5) is 12.5. The number of esters is 1. The normalized spacial score (nSPS) is 18.4. The van der Waals surface area contributed by atoms with Gasteiger partial charge in [-0.3, -0.25) is 4.79 Å². The molecule has 182 valence electrons. The second-order valence-electron chi connectivity index (χ2n) is 9.74. The molecule has 3 nitrogen and oxygen atoms in total. The minimum absolute atomic E-state index is 0.0226. The van der Waals surface area contributed by atoms with Crippen LogP contribution in [0.5, 0.6) is 5.75 Å². The lowest BCUT2D eigenvalue weighted by molar-refractivity contribution is -0.149. The Bertz CT molecular complexity index is 587. The Morgan fingerprint density at radius 1 is 0.781 bits per heavy atom. The molecule has 0 amide bonds. The van der Waals surface area contributed by atoms with Crippen molar-refractivity contribution in [2.45, 2.75) is 117 Å². The molecule has 0 saturated heterocycles. The van der Waals surface area contributed by atoms with E-state index < -0.39 is 0 Å². The number of carbonyl (C=O) groups excluding carboxylic acids is 1. The van der Waals surface area contributed by atoms with Crippen molar-refractivity contribution in [1.82, 2.24) is 0 Å². The zero-order chi connectivity index (χ0) is 22.9. The Morgan fingerprint density at radius 3 is 2.06 bits per heavy atom. The average Bonchev–Trinajstić information content (AvgIpc) is 2.82. The first kappa shape index (κ1) is 26.7. The highest BCUT2D eigenvalue weighted by molar-refractivity contribution is 5.72. The Labute approximate surface area is 197 Å². The summed E-state index contributed by atoms with van der Waals surface area (Å²) in [5.41, 5.74) is 1.19. The van der Waals surface area contributed by atoms with E-state index >= 15 is 0 Å². The molecule has 0 N–H and O–H groups in total. The Hall–Kier alpha value is -1.51. The van der Waals surface area contributed by atoms with Crippen molar-refractivity contribution >= 4 is 5.97 Å². The van der Waals surface area contributed by atoms with Crippen molar-refractivity contribution in [3.63, 3.8) is 0 Å². The first-order valence-electron chi connectivity index (χ1n) is 13.6. The monoisotopic (exact) mass is 444 g/mol. The van der Waals surface area contributed by atoms with Crippen LogP contribution < -0.4 is 4.74 Å². The average molecular weight is 445 g/mol. The maximum Gasteiger partial charge on any atom is 0.308 e. The SMILES string of the molecule is CCCCCCCOc1ccc(CCOC(=O)C2CCC(CCCCCCC)CC2)cc1. The van der Waals surface area contributed by atoms with Gasteiger partial charge in [0.15, 0.2) is 0 Å². The van der Waals surface area contributed by atoms with Gasteiger partial charge in [-0.1, -0.05) is 90.2 Å². The molecular weight excluding hydrogens is 396 g/mol. The largest absolute Gasteiger partial charge is 0.494 e. The molecule has 0 atom stereocenters. The Kier molecular flexibility index (Phi) is 14.2. The molecule has 1 aliphatic rings. The molecule has 0 aromatic heterocycles. The van der Waals surface area contributed by atoms with Gasteiger partial charge in [0.25, 0.3) is 0 Å². The molecule has 3 heteroatoms. The van der Waals surface area contributed by atoms with Gasteiger partial charge in [-0.05, 0) is 55.7 Å². The third-order valence-electron chi connectivity index (χ3n) is 6.97. The van der Waals surface area contributed by atoms with Gasteiger partial charge in [0.1, 0.15) is 5.75 Å². The molecule has 1 aliphatic carbocycles. The van der Waals surface area contributed by atoms with Gasteiger partial charge < -0.3 is 9.47 Å². The van der Waals surface area contributed by atoms with E-state index in [-0.39, 0.29) is 11.9 Å². The van der Waals surface area contributed by atoms with Crippen molar-refractivity contribution in [1.29, 1.82) is 0 Å². The van der Waals surface area contributed by atoms with Crippen molar-refractivity contribution in [2.75, 3.05) is 13.2 Å². The van der Waals surface area contributed by atoms with Crippen molar-refractivity contribution in [3.8, 4) is 5.75 Å². The van der Waals surface area contributed by atoms with Gasteiger partial charge in [0.05, 0.1) is 19.1 Å². The molecule has 1 aromatic rings. The minimum Gasteiger partial charge on any atom is -0.494 e. The fourth-order valence-corrected chi connectivity index (χ4v) is 4.76. The molecule has 2 rings (SSSR count). The van der Waals surface area contributed by atoms with Gasteiger partial charge in [-0.2, -0.15) is 0 Å². The van der Waals surface area contributed by atoms with Crippen LogP contribution in [0.15, 0.2) is 24.3 Å². The minimum atomic E-state index is 0.0226. The standard InChI is InChI=1S/C29H48O3/c1-3-5-7-9-11-13-25-14-18-27(19-15-25)29(30)32-24-22-26-16-20-28(21-17-26)31-23-12-10-8-6-4-2/h16-17,20-21,25,27H,3-15,18-19,22-24H2,1-2H3. The van der Waals surface area contributed by atoms with E-state index in [2.05, 4.69) is 26.0 Å². The molecule has 32 heavy (non-hydrogen) atoms. The molecule has 1 fully saturated rings. The number of carbonyl (C=O) groups is 1. The van der Waals surface area contributed by atoms with Gasteiger partial charge in [0.2, 0.25) is 0 Å². The zero-order valence-electron chi connectivity index (χ0n) is 20.9. The first-order chi connectivity index (χ1) is 15.7. The fraction of sp³-hybridized carbons (Fsp3) is 0.759. The van der Waals surface area contributed by atoms with Gasteiger partial charge in [0, 0.05) is 6.42 Å². The predicted molar refractivity (Wildman–Crippen MR) is 134 cm³/mol. The second kappa shape index (κ2) is 17.0. The Morgan fingerprint density at radius 2 is 1.41 bits per heavy atom. The van der Waals surface area contributed by atoms with Crippen LogP contribution in [-0.2, 0) is 16.0 Å². The van der Waals surface area contributed by atoms with Crippen LogP contribution in [0.25, 0.3) is 0 Å². The molecule has 0 bridgehead atoms. The Balaban J connectivity index is 1.53. The molecule has 1 aromatic carbocycles. The van der Waals surface area contributed by atoms with E-state index in [1.165, 1.54) is 82.6 Å². The number of unbranched alkanes of at least 4 members (excludes halogenated alkanes) is 8. The summed E-state index contributed by atoms with van der Waals surface area (Å²) >= 11 is 0. The van der Waals surface area contributed by atoms with Gasteiger partial charge >= 0.3 is 5.97 Å². The quantitative estimate of drug-likeness (QED) is 0.179. The van der Waals surface area contributed by atoms with Crippen LogP contribution in [-0.4, -0.2) is 19.2 Å². The van der Waals surface area contributed by atoms with E-state index in [9.17, 15) is 4.79 Å².